The highest BCUT2D eigenvalue weighted by Gasteiger charge is 2.21. The minimum absolute atomic E-state index is 0.110. The highest BCUT2D eigenvalue weighted by atomic mass is 16.2. The Morgan fingerprint density at radius 2 is 1.98 bits per heavy atom. The van der Waals surface area contributed by atoms with Crippen LogP contribution in [0.4, 0.5) is 5.69 Å². The summed E-state index contributed by atoms with van der Waals surface area (Å²) >= 11 is 0. The normalized spacial score (nSPS) is 16.9. The molecule has 7 nitrogen and oxygen atoms in total. The maximum Gasteiger partial charge on any atom is 0.274 e. The van der Waals surface area contributed by atoms with Gasteiger partial charge in [-0.2, -0.15) is 0 Å². The van der Waals surface area contributed by atoms with E-state index in [9.17, 15) is 9.59 Å². The molecular formula is C33H41N5O2. The predicted molar refractivity (Wildman–Crippen MR) is 163 cm³/mol. The van der Waals surface area contributed by atoms with Crippen molar-refractivity contribution in [1.82, 2.24) is 20.2 Å². The van der Waals surface area contributed by atoms with E-state index >= 15 is 0 Å². The molecule has 2 amide bonds. The molecule has 40 heavy (non-hydrogen) atoms. The molecule has 1 aliphatic heterocycles. The van der Waals surface area contributed by atoms with Gasteiger partial charge in [-0.1, -0.05) is 50.6 Å². The summed E-state index contributed by atoms with van der Waals surface area (Å²) in [5.41, 5.74) is 5.65. The zero-order chi connectivity index (χ0) is 28.5. The first-order valence-electron chi connectivity index (χ1n) is 14.3. The number of nitrogens with one attached hydrogen (secondary N) is 3. The Morgan fingerprint density at radius 3 is 2.70 bits per heavy atom. The van der Waals surface area contributed by atoms with E-state index < -0.39 is 0 Å². The standard InChI is InChI=1S/C33H41N5O2/c1-5-9-23(4)28-20-30(37-29(28)10-6-2)25-12-14-26(15-13-25)36-33(40)31-19-24(16-17-34-31)21-38-18-8-11-27(22-38)35-32(39)7-3/h7,10,12-17,19-20,27,37H,3,5-6,8-9,11,18,21-22H2,1-2,4H3,(H,35,39)(H,36,40)/b28-23-,29-10+. The van der Waals surface area contributed by atoms with Gasteiger partial charge >= 0.3 is 0 Å². The summed E-state index contributed by atoms with van der Waals surface area (Å²) < 4.78 is 0. The molecule has 3 N–H and O–H groups in total. The second kappa shape index (κ2) is 13.9. The number of H-pyrrole nitrogens is 1. The van der Waals surface area contributed by atoms with E-state index in [1.165, 1.54) is 22.2 Å². The molecule has 0 spiro atoms. The van der Waals surface area contributed by atoms with Crippen LogP contribution in [0.5, 0.6) is 0 Å². The number of carbonyl (C=O) groups is 2. The van der Waals surface area contributed by atoms with Crippen molar-refractivity contribution in [1.29, 1.82) is 0 Å². The van der Waals surface area contributed by atoms with Crippen LogP contribution in [0.25, 0.3) is 22.9 Å². The maximum absolute atomic E-state index is 13.0. The molecule has 1 unspecified atom stereocenters. The van der Waals surface area contributed by atoms with E-state index in [-0.39, 0.29) is 17.9 Å². The topological polar surface area (TPSA) is 90.1 Å². The lowest BCUT2D eigenvalue weighted by Gasteiger charge is -2.33. The minimum atomic E-state index is -0.240. The van der Waals surface area contributed by atoms with Crippen LogP contribution in [0.1, 0.15) is 68.9 Å². The van der Waals surface area contributed by atoms with Crippen LogP contribution in [0.15, 0.2) is 61.3 Å². The molecule has 3 heterocycles. The number of aromatic nitrogens is 2. The summed E-state index contributed by atoms with van der Waals surface area (Å²) in [5.74, 6) is -0.378. The number of hydrogen-bond acceptors (Lipinski definition) is 4. The lowest BCUT2D eigenvalue weighted by molar-refractivity contribution is -0.117. The number of rotatable bonds is 10. The molecule has 7 heteroatoms. The maximum atomic E-state index is 13.0. The first kappa shape index (κ1) is 29.0. The molecule has 4 rings (SSSR count). The van der Waals surface area contributed by atoms with Crippen molar-refractivity contribution in [3.05, 3.63) is 83.1 Å². The van der Waals surface area contributed by atoms with Crippen LogP contribution in [0, 0.1) is 0 Å². The minimum Gasteiger partial charge on any atom is -0.355 e. The number of piperidine rings is 1. The fourth-order valence-corrected chi connectivity index (χ4v) is 5.31. The van der Waals surface area contributed by atoms with E-state index in [4.69, 9.17) is 0 Å². The van der Waals surface area contributed by atoms with Crippen molar-refractivity contribution in [3.8, 4) is 11.3 Å². The molecule has 2 aromatic heterocycles. The zero-order valence-corrected chi connectivity index (χ0v) is 23.9. The Labute approximate surface area is 237 Å². The van der Waals surface area contributed by atoms with E-state index in [0.29, 0.717) is 12.2 Å². The molecular weight excluding hydrogens is 498 g/mol. The van der Waals surface area contributed by atoms with Gasteiger partial charge in [-0.15, -0.1) is 0 Å². The van der Waals surface area contributed by atoms with Gasteiger partial charge in [-0.25, -0.2) is 0 Å². The lowest BCUT2D eigenvalue weighted by Crippen LogP contribution is -2.46. The Balaban J connectivity index is 1.42. The van der Waals surface area contributed by atoms with Gasteiger partial charge in [0.2, 0.25) is 5.91 Å². The molecule has 1 aliphatic rings. The Bertz CT molecular complexity index is 1450. The van der Waals surface area contributed by atoms with Gasteiger partial charge < -0.3 is 15.6 Å². The van der Waals surface area contributed by atoms with E-state index in [1.54, 1.807) is 6.20 Å². The molecule has 3 aromatic rings. The molecule has 0 aliphatic carbocycles. The summed E-state index contributed by atoms with van der Waals surface area (Å²) in [4.78, 5) is 34.9. The van der Waals surface area contributed by atoms with Gasteiger partial charge in [0.15, 0.2) is 0 Å². The van der Waals surface area contributed by atoms with Crippen LogP contribution < -0.4 is 21.2 Å². The number of benzene rings is 1. The third-order valence-corrected chi connectivity index (χ3v) is 7.30. The van der Waals surface area contributed by atoms with Gasteiger partial charge in [0, 0.05) is 42.1 Å². The predicted octanol–water partition coefficient (Wildman–Crippen LogP) is 4.76. The van der Waals surface area contributed by atoms with Crippen molar-refractivity contribution in [2.45, 2.75) is 65.5 Å². The first-order chi connectivity index (χ1) is 19.4. The number of pyridine rings is 1. The fourth-order valence-electron chi connectivity index (χ4n) is 5.31. The summed E-state index contributed by atoms with van der Waals surface area (Å²) in [6.45, 7) is 12.5. The van der Waals surface area contributed by atoms with Crippen molar-refractivity contribution >= 4 is 29.2 Å². The third kappa shape index (κ3) is 7.57. The van der Waals surface area contributed by atoms with E-state index in [1.807, 2.05) is 36.4 Å². The monoisotopic (exact) mass is 539 g/mol. The summed E-state index contributed by atoms with van der Waals surface area (Å²) in [6.07, 6.45) is 10.4. The van der Waals surface area contributed by atoms with E-state index in [0.717, 1.165) is 67.7 Å². The average Bonchev–Trinajstić information content (AvgIpc) is 3.38. The Morgan fingerprint density at radius 1 is 1.18 bits per heavy atom. The molecule has 1 saturated heterocycles. The summed E-state index contributed by atoms with van der Waals surface area (Å²) in [7, 11) is 0. The van der Waals surface area contributed by atoms with Gasteiger partial charge in [0.25, 0.3) is 5.91 Å². The van der Waals surface area contributed by atoms with Crippen molar-refractivity contribution in [2.75, 3.05) is 18.4 Å². The molecule has 1 aromatic carbocycles. The largest absolute Gasteiger partial charge is 0.355 e. The highest BCUT2D eigenvalue weighted by Crippen LogP contribution is 2.19. The van der Waals surface area contributed by atoms with Crippen LogP contribution in [-0.2, 0) is 11.3 Å². The van der Waals surface area contributed by atoms with Crippen LogP contribution in [0.2, 0.25) is 0 Å². The van der Waals surface area contributed by atoms with Gasteiger partial charge in [0.1, 0.15) is 5.69 Å². The van der Waals surface area contributed by atoms with E-state index in [2.05, 4.69) is 65.0 Å². The molecule has 0 bridgehead atoms. The van der Waals surface area contributed by atoms with Crippen molar-refractivity contribution in [2.24, 2.45) is 0 Å². The van der Waals surface area contributed by atoms with Gasteiger partial charge in [-0.05, 0) is 91.9 Å². The number of nitrogens with zero attached hydrogens (tertiary/aromatic N) is 2. The van der Waals surface area contributed by atoms with Gasteiger partial charge in [0.05, 0.1) is 0 Å². The molecule has 0 saturated carbocycles. The second-order valence-electron chi connectivity index (χ2n) is 10.5. The third-order valence-electron chi connectivity index (χ3n) is 7.30. The van der Waals surface area contributed by atoms with Crippen LogP contribution in [0.3, 0.4) is 0 Å². The second-order valence-corrected chi connectivity index (χ2v) is 10.5. The summed E-state index contributed by atoms with van der Waals surface area (Å²) in [6, 6.07) is 14.0. The molecule has 1 atom stereocenters. The Kier molecular flexibility index (Phi) is 10.1. The number of aromatic amines is 1. The van der Waals surface area contributed by atoms with Crippen molar-refractivity contribution in [3.63, 3.8) is 0 Å². The van der Waals surface area contributed by atoms with Crippen LogP contribution >= 0.6 is 0 Å². The van der Waals surface area contributed by atoms with Gasteiger partial charge in [-0.3, -0.25) is 19.5 Å². The molecule has 210 valence electrons. The fraction of sp³-hybridized carbons (Fsp3) is 0.364. The number of likely N-dealkylation sites (tertiary alicyclic amines) is 1. The van der Waals surface area contributed by atoms with Crippen molar-refractivity contribution < 1.29 is 9.59 Å². The highest BCUT2D eigenvalue weighted by molar-refractivity contribution is 6.03. The SMILES string of the molecule is C=CC(=O)NC1CCCN(Cc2ccnc(C(=O)Nc3ccc(-c4cc(=C(\C)CCC)/c(=C\CC)[nH]4)cc3)c2)C1. The number of anilines is 1. The molecule has 1 fully saturated rings. The number of amides is 2. The lowest BCUT2D eigenvalue weighted by atomic mass is 10.0. The number of carbonyl (C=O) groups excluding carboxylic acids is 2. The first-order valence-corrected chi connectivity index (χ1v) is 14.3. The average molecular weight is 540 g/mol. The summed E-state index contributed by atoms with van der Waals surface area (Å²) in [5, 5.41) is 8.43. The Hall–Kier alpha value is -3.97. The molecule has 0 radical (unpaired) electrons. The van der Waals surface area contributed by atoms with Crippen LogP contribution in [-0.4, -0.2) is 45.8 Å². The number of hydrogen-bond donors (Lipinski definition) is 3. The quantitative estimate of drug-likeness (QED) is 0.324. The smallest absolute Gasteiger partial charge is 0.274 e. The zero-order valence-electron chi connectivity index (χ0n) is 23.9.